The van der Waals surface area contributed by atoms with E-state index >= 15 is 0 Å². The molecular formula is C14H17N5O. The highest BCUT2D eigenvalue weighted by Crippen LogP contribution is 2.11. The van der Waals surface area contributed by atoms with E-state index in [9.17, 15) is 4.79 Å². The van der Waals surface area contributed by atoms with Gasteiger partial charge in [0.2, 0.25) is 5.91 Å². The van der Waals surface area contributed by atoms with Crippen LogP contribution in [-0.4, -0.2) is 27.3 Å². The molecule has 0 aromatic carbocycles. The van der Waals surface area contributed by atoms with Crippen LogP contribution < -0.4 is 5.43 Å². The van der Waals surface area contributed by atoms with E-state index in [0.717, 1.165) is 22.5 Å². The van der Waals surface area contributed by atoms with Gasteiger partial charge in [0.25, 0.3) is 0 Å². The first kappa shape index (κ1) is 13.9. The molecule has 104 valence electrons. The number of pyridine rings is 1. The normalized spacial score (nSPS) is 10.9. The van der Waals surface area contributed by atoms with Gasteiger partial charge in [-0.3, -0.25) is 14.9 Å². The Balaban J connectivity index is 1.80. The smallest absolute Gasteiger partial charge is 0.240 e. The third-order valence-electron chi connectivity index (χ3n) is 2.99. The number of aromatic nitrogens is 3. The van der Waals surface area contributed by atoms with E-state index in [1.165, 1.54) is 0 Å². The largest absolute Gasteiger partial charge is 0.282 e. The topological polar surface area (TPSA) is 83.0 Å². The summed E-state index contributed by atoms with van der Waals surface area (Å²) in [5, 5.41) is 10.9. The summed E-state index contributed by atoms with van der Waals surface area (Å²) >= 11 is 0. The molecule has 0 aliphatic heterocycles. The predicted octanol–water partition coefficient (Wildman–Crippen LogP) is 1.50. The van der Waals surface area contributed by atoms with Crippen LogP contribution in [0.1, 0.15) is 28.9 Å². The first-order chi connectivity index (χ1) is 9.66. The standard InChI is InChI=1S/C14H17N5O/c1-10-13(11(2)18-17-10)3-4-14(20)19-16-9-12-5-7-15-8-6-12/h5-9H,3-4H2,1-2H3,(H,17,18)(H,19,20). The number of nitrogens with one attached hydrogen (secondary N) is 2. The lowest BCUT2D eigenvalue weighted by molar-refractivity contribution is -0.121. The summed E-state index contributed by atoms with van der Waals surface area (Å²) in [6.45, 7) is 3.88. The van der Waals surface area contributed by atoms with E-state index in [1.54, 1.807) is 18.6 Å². The molecule has 0 bridgehead atoms. The van der Waals surface area contributed by atoms with Crippen molar-refractivity contribution in [3.63, 3.8) is 0 Å². The first-order valence-electron chi connectivity index (χ1n) is 6.39. The second-order valence-corrected chi connectivity index (χ2v) is 4.49. The molecule has 2 N–H and O–H groups in total. The summed E-state index contributed by atoms with van der Waals surface area (Å²) in [5.74, 6) is -0.115. The Morgan fingerprint density at radius 1 is 1.40 bits per heavy atom. The lowest BCUT2D eigenvalue weighted by Gasteiger charge is -2.01. The molecule has 0 radical (unpaired) electrons. The summed E-state index contributed by atoms with van der Waals surface area (Å²) in [7, 11) is 0. The van der Waals surface area contributed by atoms with E-state index in [2.05, 4.69) is 25.7 Å². The third kappa shape index (κ3) is 3.74. The predicted molar refractivity (Wildman–Crippen MR) is 76.4 cm³/mol. The number of aromatic amines is 1. The molecule has 0 aliphatic carbocycles. The van der Waals surface area contributed by atoms with Crippen molar-refractivity contribution in [1.82, 2.24) is 20.6 Å². The Hall–Kier alpha value is -2.50. The van der Waals surface area contributed by atoms with Crippen molar-refractivity contribution in [3.8, 4) is 0 Å². The molecule has 0 aliphatic rings. The maximum absolute atomic E-state index is 11.7. The van der Waals surface area contributed by atoms with Crippen LogP contribution in [0.15, 0.2) is 29.6 Å². The SMILES string of the molecule is Cc1n[nH]c(C)c1CCC(=O)NN=Cc1ccncc1. The van der Waals surface area contributed by atoms with E-state index in [-0.39, 0.29) is 5.91 Å². The zero-order valence-corrected chi connectivity index (χ0v) is 11.6. The van der Waals surface area contributed by atoms with Crippen LogP contribution >= 0.6 is 0 Å². The second kappa shape index (κ2) is 6.60. The average molecular weight is 271 g/mol. The lowest BCUT2D eigenvalue weighted by atomic mass is 10.1. The van der Waals surface area contributed by atoms with Gasteiger partial charge in [-0.05, 0) is 43.5 Å². The Morgan fingerprint density at radius 2 is 2.15 bits per heavy atom. The number of nitrogens with zero attached hydrogens (tertiary/aromatic N) is 3. The van der Waals surface area contributed by atoms with E-state index in [0.29, 0.717) is 12.8 Å². The molecule has 6 nitrogen and oxygen atoms in total. The molecule has 1 amide bonds. The van der Waals surface area contributed by atoms with Crippen molar-refractivity contribution in [2.75, 3.05) is 0 Å². The summed E-state index contributed by atoms with van der Waals surface area (Å²) in [6.07, 6.45) is 5.98. The zero-order valence-electron chi connectivity index (χ0n) is 11.6. The van der Waals surface area contributed by atoms with Crippen molar-refractivity contribution in [3.05, 3.63) is 47.0 Å². The minimum absolute atomic E-state index is 0.115. The number of carbonyl (C=O) groups is 1. The molecule has 20 heavy (non-hydrogen) atoms. The Kier molecular flexibility index (Phi) is 4.60. The highest BCUT2D eigenvalue weighted by atomic mass is 16.2. The number of hydrogen-bond acceptors (Lipinski definition) is 4. The molecule has 0 saturated carbocycles. The van der Waals surface area contributed by atoms with Gasteiger partial charge in [-0.2, -0.15) is 10.2 Å². The Labute approximate surface area is 117 Å². The highest BCUT2D eigenvalue weighted by Gasteiger charge is 2.08. The Morgan fingerprint density at radius 3 is 2.80 bits per heavy atom. The maximum atomic E-state index is 11.7. The van der Waals surface area contributed by atoms with Gasteiger partial charge in [0.1, 0.15) is 0 Å². The van der Waals surface area contributed by atoms with Gasteiger partial charge >= 0.3 is 0 Å². The van der Waals surface area contributed by atoms with Gasteiger partial charge in [0.05, 0.1) is 11.9 Å². The van der Waals surface area contributed by atoms with Crippen LogP contribution in [0.2, 0.25) is 0 Å². The van der Waals surface area contributed by atoms with Crippen LogP contribution in [-0.2, 0) is 11.2 Å². The van der Waals surface area contributed by atoms with Crippen LogP contribution in [0, 0.1) is 13.8 Å². The number of aryl methyl sites for hydroxylation is 2. The van der Waals surface area contributed by atoms with Crippen molar-refractivity contribution in [1.29, 1.82) is 0 Å². The van der Waals surface area contributed by atoms with Crippen LogP contribution in [0.25, 0.3) is 0 Å². The fourth-order valence-electron chi connectivity index (χ4n) is 1.87. The van der Waals surface area contributed by atoms with Gasteiger partial charge in [0.15, 0.2) is 0 Å². The summed E-state index contributed by atoms with van der Waals surface area (Å²) in [4.78, 5) is 15.6. The van der Waals surface area contributed by atoms with Crippen molar-refractivity contribution < 1.29 is 4.79 Å². The molecule has 0 atom stereocenters. The maximum Gasteiger partial charge on any atom is 0.240 e. The molecular weight excluding hydrogens is 254 g/mol. The molecule has 0 saturated heterocycles. The number of hydrogen-bond donors (Lipinski definition) is 2. The van der Waals surface area contributed by atoms with Crippen molar-refractivity contribution >= 4 is 12.1 Å². The monoisotopic (exact) mass is 271 g/mol. The average Bonchev–Trinajstić information content (AvgIpc) is 2.77. The molecule has 0 unspecified atom stereocenters. The summed E-state index contributed by atoms with van der Waals surface area (Å²) in [5.41, 5.74) is 6.45. The highest BCUT2D eigenvalue weighted by molar-refractivity contribution is 5.82. The Bertz CT molecular complexity index is 584. The van der Waals surface area contributed by atoms with Gasteiger partial charge in [-0.25, -0.2) is 5.43 Å². The number of rotatable bonds is 5. The quantitative estimate of drug-likeness (QED) is 0.638. The number of carbonyl (C=O) groups excluding carboxylic acids is 1. The summed E-state index contributed by atoms with van der Waals surface area (Å²) < 4.78 is 0. The fourth-order valence-corrected chi connectivity index (χ4v) is 1.87. The van der Waals surface area contributed by atoms with Crippen LogP contribution in [0.3, 0.4) is 0 Å². The molecule has 2 heterocycles. The first-order valence-corrected chi connectivity index (χ1v) is 6.39. The van der Waals surface area contributed by atoms with E-state index < -0.39 is 0 Å². The lowest BCUT2D eigenvalue weighted by Crippen LogP contribution is -2.18. The summed E-state index contributed by atoms with van der Waals surface area (Å²) in [6, 6.07) is 3.63. The molecule has 0 spiro atoms. The van der Waals surface area contributed by atoms with Crippen LogP contribution in [0.5, 0.6) is 0 Å². The van der Waals surface area contributed by atoms with Gasteiger partial charge in [-0.1, -0.05) is 0 Å². The van der Waals surface area contributed by atoms with Gasteiger partial charge in [-0.15, -0.1) is 0 Å². The van der Waals surface area contributed by atoms with Crippen molar-refractivity contribution in [2.45, 2.75) is 26.7 Å². The molecule has 2 aromatic heterocycles. The minimum atomic E-state index is -0.115. The molecule has 0 fully saturated rings. The van der Waals surface area contributed by atoms with Gasteiger partial charge < -0.3 is 0 Å². The minimum Gasteiger partial charge on any atom is -0.282 e. The molecule has 2 rings (SSSR count). The van der Waals surface area contributed by atoms with E-state index in [1.807, 2.05) is 26.0 Å². The zero-order chi connectivity index (χ0) is 14.4. The molecule has 2 aromatic rings. The number of amides is 1. The van der Waals surface area contributed by atoms with Crippen LogP contribution in [0.4, 0.5) is 0 Å². The molecule has 6 heteroatoms. The van der Waals surface area contributed by atoms with Gasteiger partial charge in [0, 0.05) is 24.5 Å². The van der Waals surface area contributed by atoms with Crippen molar-refractivity contribution in [2.24, 2.45) is 5.10 Å². The fraction of sp³-hybridized carbons (Fsp3) is 0.286. The second-order valence-electron chi connectivity index (χ2n) is 4.49. The number of H-pyrrole nitrogens is 1. The van der Waals surface area contributed by atoms with E-state index in [4.69, 9.17) is 0 Å². The number of hydrazone groups is 1. The third-order valence-corrected chi connectivity index (χ3v) is 2.99.